The van der Waals surface area contributed by atoms with Crippen LogP contribution in [0.15, 0.2) is 41.9 Å². The molecule has 84 valence electrons. The molecule has 17 heavy (non-hydrogen) atoms. The molecule has 0 aliphatic heterocycles. The van der Waals surface area contributed by atoms with Crippen molar-refractivity contribution in [2.45, 2.75) is 0 Å². The van der Waals surface area contributed by atoms with E-state index in [1.54, 1.807) is 18.3 Å². The maximum Gasteiger partial charge on any atom is 0.125 e. The van der Waals surface area contributed by atoms with Crippen LogP contribution in [0.25, 0.3) is 21.3 Å². The normalized spacial score (nSPS) is 10.8. The van der Waals surface area contributed by atoms with Crippen molar-refractivity contribution in [3.8, 4) is 16.9 Å². The highest BCUT2D eigenvalue weighted by Crippen LogP contribution is 2.33. The molecule has 3 N–H and O–H groups in total. The van der Waals surface area contributed by atoms with Gasteiger partial charge in [-0.1, -0.05) is 18.2 Å². The van der Waals surface area contributed by atoms with Crippen molar-refractivity contribution in [2.24, 2.45) is 0 Å². The van der Waals surface area contributed by atoms with E-state index in [-0.39, 0.29) is 5.75 Å². The van der Waals surface area contributed by atoms with Gasteiger partial charge in [0.05, 0.1) is 5.69 Å². The number of thiophene rings is 1. The van der Waals surface area contributed by atoms with Crippen molar-refractivity contribution in [2.75, 3.05) is 5.73 Å². The van der Waals surface area contributed by atoms with Crippen LogP contribution in [0, 0.1) is 0 Å². The molecule has 0 saturated heterocycles. The van der Waals surface area contributed by atoms with Gasteiger partial charge in [0, 0.05) is 28.1 Å². The number of nitrogens with zero attached hydrogens (tertiary/aromatic N) is 1. The van der Waals surface area contributed by atoms with E-state index in [4.69, 9.17) is 5.73 Å². The quantitative estimate of drug-likeness (QED) is 0.688. The molecule has 0 fully saturated rings. The van der Waals surface area contributed by atoms with Crippen LogP contribution in [0.2, 0.25) is 0 Å². The number of rotatable bonds is 1. The summed E-state index contributed by atoms with van der Waals surface area (Å²) in [4.78, 5) is 5.27. The number of aromatic hydroxyl groups is 1. The van der Waals surface area contributed by atoms with Gasteiger partial charge in [0.15, 0.2) is 0 Å². The minimum Gasteiger partial charge on any atom is -0.507 e. The predicted molar refractivity (Wildman–Crippen MR) is 71.1 cm³/mol. The van der Waals surface area contributed by atoms with Crippen molar-refractivity contribution in [3.05, 3.63) is 41.9 Å². The molecule has 2 aromatic heterocycles. The van der Waals surface area contributed by atoms with Crippen LogP contribution in [0.5, 0.6) is 5.75 Å². The lowest BCUT2D eigenvalue weighted by molar-refractivity contribution is 0.477. The van der Waals surface area contributed by atoms with Gasteiger partial charge < -0.3 is 10.8 Å². The molecule has 2 heterocycles. The molecule has 3 aromatic rings. The van der Waals surface area contributed by atoms with Crippen molar-refractivity contribution in [3.63, 3.8) is 0 Å². The third-order valence-electron chi connectivity index (χ3n) is 2.67. The summed E-state index contributed by atoms with van der Waals surface area (Å²) in [6.07, 6.45) is 1.76. The average Bonchev–Trinajstić information content (AvgIpc) is 2.71. The summed E-state index contributed by atoms with van der Waals surface area (Å²) in [5, 5.41) is 12.6. The Morgan fingerprint density at radius 1 is 1.24 bits per heavy atom. The Kier molecular flexibility index (Phi) is 2.23. The highest BCUT2D eigenvalue weighted by atomic mass is 32.1. The lowest BCUT2D eigenvalue weighted by Gasteiger charge is -2.04. The van der Waals surface area contributed by atoms with Gasteiger partial charge in [-0.05, 0) is 12.1 Å². The van der Waals surface area contributed by atoms with Crippen LogP contribution in [0.4, 0.5) is 5.69 Å². The molecule has 0 atom stereocenters. The Balaban J connectivity index is 2.24. The second-order valence-electron chi connectivity index (χ2n) is 3.78. The Hall–Kier alpha value is -2.07. The lowest BCUT2D eigenvalue weighted by atomic mass is 10.1. The number of fused-ring (bicyclic) bond motifs is 1. The Labute approximate surface area is 102 Å². The second-order valence-corrected chi connectivity index (χ2v) is 4.64. The first kappa shape index (κ1) is 10.1. The monoisotopic (exact) mass is 242 g/mol. The second kappa shape index (κ2) is 3.75. The van der Waals surface area contributed by atoms with Gasteiger partial charge in [-0.15, -0.1) is 11.3 Å². The van der Waals surface area contributed by atoms with E-state index >= 15 is 0 Å². The third kappa shape index (κ3) is 1.62. The molecule has 1 aromatic carbocycles. The van der Waals surface area contributed by atoms with Crippen LogP contribution < -0.4 is 5.73 Å². The zero-order valence-corrected chi connectivity index (χ0v) is 9.74. The zero-order chi connectivity index (χ0) is 11.8. The summed E-state index contributed by atoms with van der Waals surface area (Å²) >= 11 is 1.52. The fourth-order valence-corrected chi connectivity index (χ4v) is 2.58. The fourth-order valence-electron chi connectivity index (χ4n) is 1.80. The molecule has 0 saturated carbocycles. The van der Waals surface area contributed by atoms with Gasteiger partial charge in [-0.25, -0.2) is 4.98 Å². The Morgan fingerprint density at radius 3 is 2.88 bits per heavy atom. The number of hydrogen-bond acceptors (Lipinski definition) is 4. The molecule has 3 nitrogen and oxygen atoms in total. The van der Waals surface area contributed by atoms with Crippen LogP contribution in [0.3, 0.4) is 0 Å². The summed E-state index contributed by atoms with van der Waals surface area (Å²) in [6, 6.07) is 9.17. The molecule has 0 aliphatic carbocycles. The summed E-state index contributed by atoms with van der Waals surface area (Å²) in [7, 11) is 0. The summed E-state index contributed by atoms with van der Waals surface area (Å²) in [5.74, 6) is 0.252. The van der Waals surface area contributed by atoms with E-state index in [2.05, 4.69) is 4.98 Å². The van der Waals surface area contributed by atoms with Crippen molar-refractivity contribution in [1.29, 1.82) is 0 Å². The smallest absolute Gasteiger partial charge is 0.125 e. The van der Waals surface area contributed by atoms with Gasteiger partial charge in [-0.2, -0.15) is 0 Å². The largest absolute Gasteiger partial charge is 0.507 e. The number of anilines is 1. The first-order valence-electron chi connectivity index (χ1n) is 5.17. The maximum absolute atomic E-state index is 9.80. The number of para-hydroxylation sites is 1. The van der Waals surface area contributed by atoms with Crippen LogP contribution in [-0.4, -0.2) is 10.1 Å². The number of aromatic nitrogens is 1. The fraction of sp³-hybridized carbons (Fsp3) is 0. The van der Waals surface area contributed by atoms with E-state index in [0.29, 0.717) is 0 Å². The minimum atomic E-state index is 0.252. The Morgan fingerprint density at radius 2 is 2.06 bits per heavy atom. The maximum atomic E-state index is 9.80. The van der Waals surface area contributed by atoms with Crippen LogP contribution >= 0.6 is 11.3 Å². The van der Waals surface area contributed by atoms with Gasteiger partial charge in [0.25, 0.3) is 0 Å². The molecule has 0 bridgehead atoms. The van der Waals surface area contributed by atoms with Crippen LogP contribution in [0.1, 0.15) is 0 Å². The highest BCUT2D eigenvalue weighted by Gasteiger charge is 2.07. The molecule has 0 spiro atoms. The van der Waals surface area contributed by atoms with Gasteiger partial charge in [-0.3, -0.25) is 0 Å². The number of phenols is 1. The average molecular weight is 242 g/mol. The summed E-state index contributed by atoms with van der Waals surface area (Å²) in [6.45, 7) is 0. The van der Waals surface area contributed by atoms with Gasteiger partial charge in [0.2, 0.25) is 0 Å². The first-order chi connectivity index (χ1) is 8.25. The number of nitrogens with two attached hydrogens (primary N) is 1. The van der Waals surface area contributed by atoms with E-state index < -0.39 is 0 Å². The zero-order valence-electron chi connectivity index (χ0n) is 8.92. The van der Waals surface area contributed by atoms with E-state index in [0.717, 1.165) is 27.0 Å². The topological polar surface area (TPSA) is 59.1 Å². The number of pyridine rings is 1. The van der Waals surface area contributed by atoms with Crippen molar-refractivity contribution < 1.29 is 5.11 Å². The number of hydrogen-bond donors (Lipinski definition) is 2. The van der Waals surface area contributed by atoms with Gasteiger partial charge in [0.1, 0.15) is 10.6 Å². The standard InChI is InChI=1S/C13H10N2OS/c14-11-7-17-13-10(11)5-8(6-15-13)9-3-1-2-4-12(9)16/h1-7,16H,14H2. The predicted octanol–water partition coefficient (Wildman–Crippen LogP) is 3.25. The molecule has 4 heteroatoms. The molecule has 0 amide bonds. The molecule has 0 aliphatic rings. The van der Waals surface area contributed by atoms with Crippen molar-refractivity contribution >= 4 is 27.2 Å². The summed E-state index contributed by atoms with van der Waals surface area (Å²) in [5.41, 5.74) is 8.25. The van der Waals surface area contributed by atoms with E-state index in [1.807, 2.05) is 23.6 Å². The number of phenolic OH excluding ortho intramolecular Hbond substituents is 1. The number of nitrogen functional groups attached to an aromatic ring is 1. The van der Waals surface area contributed by atoms with Crippen LogP contribution in [-0.2, 0) is 0 Å². The third-order valence-corrected chi connectivity index (χ3v) is 3.60. The SMILES string of the molecule is Nc1csc2ncc(-c3ccccc3O)cc12. The summed E-state index contributed by atoms with van der Waals surface area (Å²) < 4.78 is 0. The van der Waals surface area contributed by atoms with Gasteiger partial charge >= 0.3 is 0 Å². The Bertz CT molecular complexity index is 691. The molecule has 0 radical (unpaired) electrons. The van der Waals surface area contributed by atoms with E-state index in [9.17, 15) is 5.11 Å². The number of benzene rings is 1. The molecule has 0 unspecified atom stereocenters. The van der Waals surface area contributed by atoms with E-state index in [1.165, 1.54) is 11.3 Å². The van der Waals surface area contributed by atoms with Crippen molar-refractivity contribution in [1.82, 2.24) is 4.98 Å². The lowest BCUT2D eigenvalue weighted by Crippen LogP contribution is -1.84. The first-order valence-corrected chi connectivity index (χ1v) is 6.05. The molecular weight excluding hydrogens is 232 g/mol. The highest BCUT2D eigenvalue weighted by molar-refractivity contribution is 7.17. The minimum absolute atomic E-state index is 0.252. The molecular formula is C13H10N2OS. The molecule has 3 rings (SSSR count).